The van der Waals surface area contributed by atoms with Gasteiger partial charge >= 0.3 is 0 Å². The van der Waals surface area contributed by atoms with E-state index in [0.717, 1.165) is 21.3 Å². The number of ether oxygens (including phenoxy) is 1. The summed E-state index contributed by atoms with van der Waals surface area (Å²) in [5, 5.41) is 0. The summed E-state index contributed by atoms with van der Waals surface area (Å²) >= 11 is 3.61. The van der Waals surface area contributed by atoms with Crippen molar-refractivity contribution in [3.63, 3.8) is 0 Å². The van der Waals surface area contributed by atoms with Crippen molar-refractivity contribution in [2.75, 3.05) is 0 Å². The zero-order valence-electron chi connectivity index (χ0n) is 12.2. The molecule has 0 aliphatic carbocycles. The smallest absolute Gasteiger partial charge is 0.123 e. The number of halogens is 1. The van der Waals surface area contributed by atoms with Gasteiger partial charge in [0.05, 0.1) is 0 Å². The minimum atomic E-state index is 0.575. The van der Waals surface area contributed by atoms with Gasteiger partial charge in [0.1, 0.15) is 12.4 Å². The summed E-state index contributed by atoms with van der Waals surface area (Å²) in [6.45, 7) is 7.43. The summed E-state index contributed by atoms with van der Waals surface area (Å²) in [4.78, 5) is 0. The maximum absolute atomic E-state index is 5.96. The molecule has 106 valence electrons. The van der Waals surface area contributed by atoms with Crippen molar-refractivity contribution in [2.45, 2.75) is 33.9 Å². The third-order valence-electron chi connectivity index (χ3n) is 3.61. The average Bonchev–Trinajstić information content (AvgIpc) is 2.48. The van der Waals surface area contributed by atoms with Gasteiger partial charge in [0.2, 0.25) is 0 Å². The Bertz CT molecular complexity index is 605. The number of rotatable bonds is 4. The lowest BCUT2D eigenvalue weighted by atomic mass is 10.1. The first-order valence-electron chi connectivity index (χ1n) is 6.70. The number of hydrogen-bond acceptors (Lipinski definition) is 2. The van der Waals surface area contributed by atoms with E-state index in [1.165, 1.54) is 16.7 Å². The molecule has 2 rings (SSSR count). The number of nitrogens with two attached hydrogens (primary N) is 1. The first-order chi connectivity index (χ1) is 9.52. The molecule has 0 saturated carbocycles. The molecular weight excluding hydrogens is 314 g/mol. The van der Waals surface area contributed by atoms with Crippen molar-refractivity contribution >= 4 is 15.9 Å². The van der Waals surface area contributed by atoms with E-state index in [-0.39, 0.29) is 0 Å². The third kappa shape index (κ3) is 3.22. The molecule has 0 heterocycles. The van der Waals surface area contributed by atoms with Crippen molar-refractivity contribution in [2.24, 2.45) is 5.73 Å². The van der Waals surface area contributed by atoms with Crippen molar-refractivity contribution in [1.29, 1.82) is 0 Å². The molecule has 0 spiro atoms. The van der Waals surface area contributed by atoms with Crippen LogP contribution >= 0.6 is 15.9 Å². The molecule has 0 atom stereocenters. The standard InChI is InChI=1S/C17H20BrNO/c1-11-8-16(12(2)13(3)17(11)18)20-10-15-6-4-14(9-19)5-7-15/h4-8H,9-10,19H2,1-3H3. The predicted octanol–water partition coefficient (Wildman–Crippen LogP) is 4.41. The Labute approximate surface area is 129 Å². The number of benzene rings is 2. The Morgan fingerprint density at radius 1 is 1.00 bits per heavy atom. The van der Waals surface area contributed by atoms with Gasteiger partial charge < -0.3 is 10.5 Å². The van der Waals surface area contributed by atoms with Gasteiger partial charge in [-0.1, -0.05) is 40.2 Å². The van der Waals surface area contributed by atoms with Crippen LogP contribution in [0.4, 0.5) is 0 Å². The molecule has 2 aromatic carbocycles. The summed E-state index contributed by atoms with van der Waals surface area (Å²) in [6, 6.07) is 10.3. The molecule has 2 nitrogen and oxygen atoms in total. The summed E-state index contributed by atoms with van der Waals surface area (Å²) < 4.78 is 7.12. The Morgan fingerprint density at radius 3 is 2.20 bits per heavy atom. The molecular formula is C17H20BrNO. The van der Waals surface area contributed by atoms with E-state index >= 15 is 0 Å². The molecule has 0 aliphatic heterocycles. The van der Waals surface area contributed by atoms with Gasteiger partial charge in [0.15, 0.2) is 0 Å². The molecule has 0 bridgehead atoms. The van der Waals surface area contributed by atoms with Gasteiger partial charge in [-0.2, -0.15) is 0 Å². The Hall–Kier alpha value is -1.32. The van der Waals surface area contributed by atoms with Crippen molar-refractivity contribution in [3.05, 3.63) is 62.6 Å². The van der Waals surface area contributed by atoms with E-state index in [0.29, 0.717) is 13.2 Å². The maximum atomic E-state index is 5.96. The highest BCUT2D eigenvalue weighted by atomic mass is 79.9. The summed E-state index contributed by atoms with van der Waals surface area (Å²) in [7, 11) is 0. The minimum Gasteiger partial charge on any atom is -0.489 e. The Morgan fingerprint density at radius 2 is 1.60 bits per heavy atom. The van der Waals surface area contributed by atoms with Crippen LogP contribution in [0.15, 0.2) is 34.8 Å². The van der Waals surface area contributed by atoms with Gasteiger partial charge in [-0.25, -0.2) is 0 Å². The first-order valence-corrected chi connectivity index (χ1v) is 7.49. The van der Waals surface area contributed by atoms with Crippen LogP contribution in [0.5, 0.6) is 5.75 Å². The van der Waals surface area contributed by atoms with Gasteiger partial charge in [-0.3, -0.25) is 0 Å². The zero-order valence-corrected chi connectivity index (χ0v) is 13.8. The molecule has 0 aromatic heterocycles. The van der Waals surface area contributed by atoms with Gasteiger partial charge in [-0.15, -0.1) is 0 Å². The van der Waals surface area contributed by atoms with E-state index < -0.39 is 0 Å². The van der Waals surface area contributed by atoms with Gasteiger partial charge in [0, 0.05) is 11.0 Å². The fourth-order valence-corrected chi connectivity index (χ4v) is 2.51. The monoisotopic (exact) mass is 333 g/mol. The normalized spacial score (nSPS) is 10.7. The molecule has 0 amide bonds. The lowest BCUT2D eigenvalue weighted by molar-refractivity contribution is 0.303. The molecule has 0 fully saturated rings. The van der Waals surface area contributed by atoms with Crippen LogP contribution in [0.2, 0.25) is 0 Å². The number of aryl methyl sites for hydroxylation is 1. The topological polar surface area (TPSA) is 35.2 Å². The highest BCUT2D eigenvalue weighted by Gasteiger charge is 2.09. The third-order valence-corrected chi connectivity index (χ3v) is 4.83. The highest BCUT2D eigenvalue weighted by Crippen LogP contribution is 2.31. The first kappa shape index (κ1) is 15.1. The SMILES string of the molecule is Cc1cc(OCc2ccc(CN)cc2)c(C)c(C)c1Br. The van der Waals surface area contributed by atoms with Crippen LogP contribution in [0.25, 0.3) is 0 Å². The zero-order chi connectivity index (χ0) is 14.7. The number of hydrogen-bond donors (Lipinski definition) is 1. The highest BCUT2D eigenvalue weighted by molar-refractivity contribution is 9.10. The van der Waals surface area contributed by atoms with Crippen molar-refractivity contribution in [1.82, 2.24) is 0 Å². The molecule has 0 saturated heterocycles. The lowest BCUT2D eigenvalue weighted by Crippen LogP contribution is -2.01. The fraction of sp³-hybridized carbons (Fsp3) is 0.294. The van der Waals surface area contributed by atoms with Crippen LogP contribution in [-0.4, -0.2) is 0 Å². The van der Waals surface area contributed by atoms with Crippen LogP contribution in [0.3, 0.4) is 0 Å². The average molecular weight is 334 g/mol. The predicted molar refractivity (Wildman–Crippen MR) is 87.0 cm³/mol. The molecule has 0 radical (unpaired) electrons. The van der Waals surface area contributed by atoms with Gasteiger partial charge in [0.25, 0.3) is 0 Å². The Balaban J connectivity index is 2.14. The maximum Gasteiger partial charge on any atom is 0.123 e. The van der Waals surface area contributed by atoms with Crippen molar-refractivity contribution in [3.8, 4) is 5.75 Å². The molecule has 3 heteroatoms. The molecule has 2 N–H and O–H groups in total. The van der Waals surface area contributed by atoms with E-state index in [2.05, 4.69) is 54.9 Å². The second-order valence-corrected chi connectivity index (χ2v) is 5.86. The second-order valence-electron chi connectivity index (χ2n) is 5.06. The fourth-order valence-electron chi connectivity index (χ4n) is 2.10. The molecule has 2 aromatic rings. The summed E-state index contributed by atoms with van der Waals surface area (Å²) in [5.74, 6) is 0.950. The quantitative estimate of drug-likeness (QED) is 0.899. The van der Waals surface area contributed by atoms with E-state index in [4.69, 9.17) is 10.5 Å². The van der Waals surface area contributed by atoms with E-state index in [1.807, 2.05) is 12.1 Å². The van der Waals surface area contributed by atoms with Crippen LogP contribution in [0, 0.1) is 20.8 Å². The molecule has 0 aliphatic rings. The van der Waals surface area contributed by atoms with Crippen LogP contribution < -0.4 is 10.5 Å². The summed E-state index contributed by atoms with van der Waals surface area (Å²) in [5.41, 5.74) is 11.5. The largest absolute Gasteiger partial charge is 0.489 e. The Kier molecular flexibility index (Phi) is 4.84. The van der Waals surface area contributed by atoms with Crippen LogP contribution in [-0.2, 0) is 13.2 Å². The molecule has 0 unspecified atom stereocenters. The minimum absolute atomic E-state index is 0.575. The van der Waals surface area contributed by atoms with E-state index in [1.54, 1.807) is 0 Å². The lowest BCUT2D eigenvalue weighted by Gasteiger charge is -2.14. The van der Waals surface area contributed by atoms with Crippen molar-refractivity contribution < 1.29 is 4.74 Å². The van der Waals surface area contributed by atoms with Crippen LogP contribution in [0.1, 0.15) is 27.8 Å². The molecule has 20 heavy (non-hydrogen) atoms. The second kappa shape index (κ2) is 6.42. The van der Waals surface area contributed by atoms with Gasteiger partial charge in [-0.05, 0) is 54.7 Å². The van der Waals surface area contributed by atoms with E-state index in [9.17, 15) is 0 Å². The summed E-state index contributed by atoms with van der Waals surface area (Å²) in [6.07, 6.45) is 0.